The lowest BCUT2D eigenvalue weighted by Crippen LogP contribution is -2.49. The van der Waals surface area contributed by atoms with Gasteiger partial charge in [-0.1, -0.05) is 12.1 Å². The van der Waals surface area contributed by atoms with E-state index in [0.717, 1.165) is 47.8 Å². The van der Waals surface area contributed by atoms with Crippen molar-refractivity contribution in [2.75, 3.05) is 44.7 Å². The van der Waals surface area contributed by atoms with Crippen molar-refractivity contribution in [3.63, 3.8) is 0 Å². The van der Waals surface area contributed by atoms with Gasteiger partial charge >= 0.3 is 0 Å². The Balaban J connectivity index is 1.23. The molecule has 0 atom stereocenters. The molecule has 0 aliphatic carbocycles. The summed E-state index contributed by atoms with van der Waals surface area (Å²) in [6.45, 7) is 7.13. The number of anilines is 1. The van der Waals surface area contributed by atoms with Crippen LogP contribution in [0, 0.1) is 5.82 Å². The van der Waals surface area contributed by atoms with Crippen LogP contribution >= 0.6 is 0 Å². The summed E-state index contributed by atoms with van der Waals surface area (Å²) in [5.74, 6) is 0.437. The average Bonchev–Trinajstić information content (AvgIpc) is 3.43. The lowest BCUT2D eigenvalue weighted by molar-refractivity contribution is 0.0748. The molecule has 208 valence electrons. The zero-order valence-electron chi connectivity index (χ0n) is 22.8. The van der Waals surface area contributed by atoms with Crippen molar-refractivity contribution in [3.05, 3.63) is 93.3 Å². The number of halogens is 1. The Kier molecular flexibility index (Phi) is 7.02. The van der Waals surface area contributed by atoms with Crippen LogP contribution in [-0.4, -0.2) is 69.7 Å². The van der Waals surface area contributed by atoms with Gasteiger partial charge in [-0.15, -0.1) is 0 Å². The quantitative estimate of drug-likeness (QED) is 0.371. The van der Waals surface area contributed by atoms with Gasteiger partial charge in [0.15, 0.2) is 5.65 Å². The molecule has 0 N–H and O–H groups in total. The monoisotopic (exact) mass is 544 g/mol. The summed E-state index contributed by atoms with van der Waals surface area (Å²) in [5, 5.41) is 4.41. The number of nitrogens with zero attached hydrogens (tertiary/aromatic N) is 6. The molecule has 2 aromatic carbocycles. The van der Waals surface area contributed by atoms with Crippen LogP contribution in [0.5, 0.6) is 5.75 Å². The highest BCUT2D eigenvalue weighted by Crippen LogP contribution is 2.24. The second-order valence-electron chi connectivity index (χ2n) is 10.3. The van der Waals surface area contributed by atoms with Crippen LogP contribution in [0.2, 0.25) is 0 Å². The Morgan fingerprint density at radius 2 is 1.73 bits per heavy atom. The van der Waals surface area contributed by atoms with Gasteiger partial charge in [-0.25, -0.2) is 4.39 Å². The Morgan fingerprint density at radius 3 is 2.40 bits per heavy atom. The van der Waals surface area contributed by atoms with Gasteiger partial charge in [0.25, 0.3) is 11.5 Å². The zero-order chi connectivity index (χ0) is 27.8. The minimum atomic E-state index is -0.264. The van der Waals surface area contributed by atoms with Gasteiger partial charge in [0, 0.05) is 70.2 Å². The molecule has 1 amide bonds. The molecular formula is C30H33FN6O3. The molecule has 1 fully saturated rings. The second-order valence-corrected chi connectivity index (χ2v) is 10.3. The molecule has 0 unspecified atom stereocenters. The van der Waals surface area contributed by atoms with E-state index in [-0.39, 0.29) is 17.3 Å². The summed E-state index contributed by atoms with van der Waals surface area (Å²) in [7, 11) is 1.65. The molecule has 0 bridgehead atoms. The van der Waals surface area contributed by atoms with Crippen molar-refractivity contribution in [2.24, 2.45) is 0 Å². The summed E-state index contributed by atoms with van der Waals surface area (Å²) in [4.78, 5) is 33.6. The molecule has 1 saturated heterocycles. The summed E-state index contributed by atoms with van der Waals surface area (Å²) < 4.78 is 22.1. The number of carbonyl (C=O) groups excluding carboxylic acids is 1. The number of benzene rings is 2. The van der Waals surface area contributed by atoms with Gasteiger partial charge in [-0.2, -0.15) is 9.61 Å². The summed E-state index contributed by atoms with van der Waals surface area (Å²) in [6, 6.07) is 14.4. The van der Waals surface area contributed by atoms with E-state index in [1.807, 2.05) is 36.1 Å². The average molecular weight is 545 g/mol. The predicted octanol–water partition coefficient (Wildman–Crippen LogP) is 3.18. The van der Waals surface area contributed by atoms with E-state index in [1.54, 1.807) is 19.2 Å². The Morgan fingerprint density at radius 1 is 1.00 bits per heavy atom. The van der Waals surface area contributed by atoms with Gasteiger partial charge < -0.3 is 19.1 Å². The van der Waals surface area contributed by atoms with Crippen LogP contribution < -0.4 is 15.2 Å². The Bertz CT molecular complexity index is 1590. The number of amides is 1. The highest BCUT2D eigenvalue weighted by Gasteiger charge is 2.30. The minimum absolute atomic E-state index is 0.118. The number of aryl methyl sites for hydroxylation is 1. The van der Waals surface area contributed by atoms with Gasteiger partial charge in [0.05, 0.1) is 18.9 Å². The summed E-state index contributed by atoms with van der Waals surface area (Å²) >= 11 is 0. The molecule has 2 aliphatic heterocycles. The van der Waals surface area contributed by atoms with E-state index in [1.165, 1.54) is 22.8 Å². The molecule has 10 heteroatoms. The molecule has 40 heavy (non-hydrogen) atoms. The maximum atomic E-state index is 13.7. The summed E-state index contributed by atoms with van der Waals surface area (Å²) in [6.07, 6.45) is 2.26. The van der Waals surface area contributed by atoms with E-state index >= 15 is 0 Å². The first-order valence-corrected chi connectivity index (χ1v) is 13.7. The topological polar surface area (TPSA) is 75.3 Å². The predicted molar refractivity (Wildman–Crippen MR) is 150 cm³/mol. The molecule has 4 heterocycles. The number of rotatable bonds is 6. The van der Waals surface area contributed by atoms with Crippen molar-refractivity contribution in [3.8, 4) is 5.75 Å². The maximum Gasteiger partial charge on any atom is 0.279 e. The van der Waals surface area contributed by atoms with Crippen LogP contribution in [0.15, 0.2) is 59.5 Å². The van der Waals surface area contributed by atoms with E-state index in [4.69, 9.17) is 4.74 Å². The SMILES string of the molecule is CCn1c2c(c(=O)n3ncc(C(=O)N4CCN(c5ccc(F)cc5)CC4)c13)CN(Cc1ccc(OC)cc1)CC2. The van der Waals surface area contributed by atoms with Crippen molar-refractivity contribution in [1.29, 1.82) is 0 Å². The minimum Gasteiger partial charge on any atom is -0.497 e. The molecule has 0 saturated carbocycles. The summed E-state index contributed by atoms with van der Waals surface area (Å²) in [5.41, 5.74) is 4.70. The molecule has 4 aromatic rings. The Labute approximate surface area is 232 Å². The van der Waals surface area contributed by atoms with Crippen molar-refractivity contribution >= 4 is 17.2 Å². The maximum absolute atomic E-state index is 13.7. The number of aromatic nitrogens is 3. The number of hydrogen-bond donors (Lipinski definition) is 0. The van der Waals surface area contributed by atoms with Gasteiger partial charge in [-0.3, -0.25) is 14.5 Å². The second kappa shape index (κ2) is 10.8. The lowest BCUT2D eigenvalue weighted by atomic mass is 10.0. The van der Waals surface area contributed by atoms with E-state index < -0.39 is 0 Å². The fourth-order valence-corrected chi connectivity index (χ4v) is 5.91. The van der Waals surface area contributed by atoms with Gasteiger partial charge in [0.2, 0.25) is 0 Å². The standard InChI is InChI=1S/C30H33FN6O3/c1-3-36-27-12-13-33(19-21-4-10-24(40-2)11-5-21)20-26(27)30(39)37-28(36)25(18-32-37)29(38)35-16-14-34(15-17-35)23-8-6-22(31)7-9-23/h4-11,18H,3,12-17,19-20H2,1-2H3. The van der Waals surface area contributed by atoms with E-state index in [9.17, 15) is 14.0 Å². The first kappa shape index (κ1) is 26.1. The molecule has 6 rings (SSSR count). The van der Waals surface area contributed by atoms with Crippen LogP contribution in [0.1, 0.15) is 34.1 Å². The van der Waals surface area contributed by atoms with E-state index in [2.05, 4.69) is 19.5 Å². The third-order valence-electron chi connectivity index (χ3n) is 8.04. The number of carbonyl (C=O) groups is 1. The van der Waals surface area contributed by atoms with Crippen LogP contribution in [0.25, 0.3) is 5.65 Å². The van der Waals surface area contributed by atoms with Gasteiger partial charge in [-0.05, 0) is 48.9 Å². The molecule has 9 nitrogen and oxygen atoms in total. The highest BCUT2D eigenvalue weighted by atomic mass is 19.1. The first-order valence-electron chi connectivity index (χ1n) is 13.7. The fourth-order valence-electron chi connectivity index (χ4n) is 5.91. The number of methoxy groups -OCH3 is 1. The largest absolute Gasteiger partial charge is 0.497 e. The first-order chi connectivity index (χ1) is 19.5. The number of hydrogen-bond acceptors (Lipinski definition) is 6. The van der Waals surface area contributed by atoms with Crippen LogP contribution in [0.3, 0.4) is 0 Å². The molecule has 0 spiro atoms. The highest BCUT2D eigenvalue weighted by molar-refractivity contribution is 6.00. The lowest BCUT2D eigenvalue weighted by Gasteiger charge is -2.36. The van der Waals surface area contributed by atoms with Crippen LogP contribution in [-0.2, 0) is 26.1 Å². The van der Waals surface area contributed by atoms with Crippen molar-refractivity contribution in [1.82, 2.24) is 24.0 Å². The third kappa shape index (κ3) is 4.72. The van der Waals surface area contributed by atoms with Gasteiger partial charge in [0.1, 0.15) is 17.1 Å². The molecular weight excluding hydrogens is 511 g/mol. The fraction of sp³-hybridized carbons (Fsp3) is 0.367. The van der Waals surface area contributed by atoms with Crippen LogP contribution in [0.4, 0.5) is 10.1 Å². The Hall–Kier alpha value is -4.18. The van der Waals surface area contributed by atoms with Crippen molar-refractivity contribution in [2.45, 2.75) is 33.0 Å². The van der Waals surface area contributed by atoms with Crippen molar-refractivity contribution < 1.29 is 13.9 Å². The molecule has 0 radical (unpaired) electrons. The molecule has 2 aliphatic rings. The normalized spacial score (nSPS) is 15.9. The number of ether oxygens (including phenoxy) is 1. The molecule has 2 aromatic heterocycles. The third-order valence-corrected chi connectivity index (χ3v) is 8.04. The smallest absolute Gasteiger partial charge is 0.279 e. The number of piperazine rings is 1. The number of fused-ring (bicyclic) bond motifs is 2. The zero-order valence-corrected chi connectivity index (χ0v) is 22.8. The van der Waals surface area contributed by atoms with E-state index in [0.29, 0.717) is 50.5 Å².